The van der Waals surface area contributed by atoms with Crippen molar-refractivity contribution >= 4 is 44.0 Å². The van der Waals surface area contributed by atoms with E-state index in [0.29, 0.717) is 46.4 Å². The number of aryl methyl sites for hydroxylation is 2. The Morgan fingerprint density at radius 3 is 2.64 bits per heavy atom. The Bertz CT molecular complexity index is 1780. The molecule has 1 N–H and O–H groups in total. The van der Waals surface area contributed by atoms with Crippen LogP contribution in [0.2, 0.25) is 0 Å². The van der Waals surface area contributed by atoms with Gasteiger partial charge in [-0.2, -0.15) is 0 Å². The van der Waals surface area contributed by atoms with Crippen LogP contribution < -0.4 is 9.62 Å². The molecule has 6 rings (SSSR count). The van der Waals surface area contributed by atoms with Crippen molar-refractivity contribution in [2.24, 2.45) is 13.0 Å². The summed E-state index contributed by atoms with van der Waals surface area (Å²) in [5.41, 5.74) is 4.72. The first-order valence-electron chi connectivity index (χ1n) is 14.0. The van der Waals surface area contributed by atoms with E-state index < -0.39 is 22.1 Å². The number of benzene rings is 1. The summed E-state index contributed by atoms with van der Waals surface area (Å²) in [7, 11) is -0.251. The summed E-state index contributed by atoms with van der Waals surface area (Å²) in [5, 5.41) is 3.40. The number of sulfonamides is 1. The Morgan fingerprint density at radius 1 is 1.21 bits per heavy atom. The third-order valence-corrected chi connectivity index (χ3v) is 9.21. The number of aromatic nitrogens is 5. The lowest BCUT2D eigenvalue weighted by Crippen LogP contribution is -2.25. The fraction of sp³-hybridized carbons (Fsp3) is 0.448. The monoisotopic (exact) mass is 595 g/mol. The first-order valence-corrected chi connectivity index (χ1v) is 15.8. The smallest absolute Gasteiger partial charge is 0.232 e. The summed E-state index contributed by atoms with van der Waals surface area (Å²) in [4.78, 5) is 26.6. The van der Waals surface area contributed by atoms with Gasteiger partial charge in [0.1, 0.15) is 29.5 Å². The van der Waals surface area contributed by atoms with Crippen molar-refractivity contribution in [3.8, 4) is 11.3 Å². The van der Waals surface area contributed by atoms with Crippen LogP contribution in [0.4, 0.5) is 21.5 Å². The van der Waals surface area contributed by atoms with Crippen molar-refractivity contribution in [3.63, 3.8) is 0 Å². The molecule has 2 aliphatic rings. The Labute approximate surface area is 243 Å². The van der Waals surface area contributed by atoms with Crippen molar-refractivity contribution in [1.29, 1.82) is 0 Å². The number of Topliss-reactive ketones (excluding diaryl/α,β-unsaturated/α-hetero) is 1. The molecule has 1 saturated carbocycles. The number of carbonyl (C=O) groups excluding carboxylic acids is 1. The number of hydrogen-bond donors (Lipinski definition) is 1. The molecule has 4 aromatic rings. The van der Waals surface area contributed by atoms with E-state index in [1.807, 2.05) is 35.2 Å². The molecule has 13 heteroatoms. The van der Waals surface area contributed by atoms with Gasteiger partial charge in [-0.1, -0.05) is 6.07 Å². The Morgan fingerprint density at radius 2 is 2.00 bits per heavy atom. The number of imidazole rings is 2. The van der Waals surface area contributed by atoms with Crippen molar-refractivity contribution in [3.05, 3.63) is 48.3 Å². The lowest BCUT2D eigenvalue weighted by molar-refractivity contribution is -0.120. The van der Waals surface area contributed by atoms with Crippen LogP contribution in [0.15, 0.2) is 36.8 Å². The van der Waals surface area contributed by atoms with Crippen LogP contribution in [0.1, 0.15) is 43.4 Å². The molecule has 1 aliphatic heterocycles. The molecule has 0 radical (unpaired) electrons. The zero-order chi connectivity index (χ0) is 29.8. The lowest BCUT2D eigenvalue weighted by atomic mass is 10.1. The second-order valence-electron chi connectivity index (χ2n) is 11.2. The normalized spacial score (nSPS) is 20.5. The highest BCUT2D eigenvalue weighted by Gasteiger charge is 2.43. The molecule has 0 spiro atoms. The van der Waals surface area contributed by atoms with E-state index in [1.165, 1.54) is 11.4 Å². The molecular weight excluding hydrogens is 561 g/mol. The molecule has 0 amide bonds. The number of halogens is 1. The van der Waals surface area contributed by atoms with Crippen molar-refractivity contribution in [2.75, 3.05) is 29.5 Å². The molecule has 3 atom stereocenters. The van der Waals surface area contributed by atoms with Gasteiger partial charge in [0.25, 0.3) is 0 Å². The number of nitrogens with one attached hydrogen (secondary N) is 1. The van der Waals surface area contributed by atoms with Crippen LogP contribution in [-0.4, -0.2) is 64.4 Å². The Balaban J connectivity index is 1.47. The molecule has 42 heavy (non-hydrogen) atoms. The molecule has 3 aromatic heterocycles. The van der Waals surface area contributed by atoms with Crippen LogP contribution >= 0.6 is 0 Å². The van der Waals surface area contributed by atoms with E-state index in [0.717, 1.165) is 36.8 Å². The lowest BCUT2D eigenvalue weighted by Gasteiger charge is -2.25. The van der Waals surface area contributed by atoms with Gasteiger partial charge < -0.3 is 14.6 Å². The SMILES string of the molecule is Cc1nc2c(Nc3ccc(-c4cncn4C)cc3N(C)S(C)(=O)=O)cc(CC(=O)C3C[C@@H]3F)nc2n1C1CCCCO1. The van der Waals surface area contributed by atoms with E-state index in [9.17, 15) is 17.6 Å². The molecule has 0 bridgehead atoms. The Kier molecular flexibility index (Phi) is 7.26. The van der Waals surface area contributed by atoms with Gasteiger partial charge in [0.2, 0.25) is 10.0 Å². The van der Waals surface area contributed by atoms with E-state index in [1.54, 1.807) is 24.7 Å². The van der Waals surface area contributed by atoms with Crippen molar-refractivity contribution in [1.82, 2.24) is 24.1 Å². The predicted molar refractivity (Wildman–Crippen MR) is 158 cm³/mol. The number of fused-ring (bicyclic) bond motifs is 1. The largest absolute Gasteiger partial charge is 0.358 e. The zero-order valence-corrected chi connectivity index (χ0v) is 24.9. The van der Waals surface area contributed by atoms with Crippen molar-refractivity contribution in [2.45, 2.75) is 51.4 Å². The molecule has 2 unspecified atom stereocenters. The van der Waals surface area contributed by atoms with Gasteiger partial charge in [-0.25, -0.2) is 27.8 Å². The maximum Gasteiger partial charge on any atom is 0.232 e. The van der Waals surface area contributed by atoms with Crippen LogP contribution in [0.25, 0.3) is 22.4 Å². The standard InChI is InChI=1S/C29H34FN7O4S/c1-17-32-28-23(34-22-9-8-18(25-15-31-16-35(25)2)11-24(22)36(3)42(4,39)40)12-19(13-26(38)20-14-21(20)30)33-29(28)37(17)27-7-5-6-10-41-27/h8-9,11-12,15-16,20-21,27H,5-7,10,13-14H2,1-4H3,(H,33,34)/t20?,21-,27?/m0/s1. The summed E-state index contributed by atoms with van der Waals surface area (Å²) in [6.45, 7) is 2.52. The zero-order valence-electron chi connectivity index (χ0n) is 24.0. The summed E-state index contributed by atoms with van der Waals surface area (Å²) < 4.78 is 50.1. The second kappa shape index (κ2) is 10.8. The van der Waals surface area contributed by atoms with Crippen LogP contribution in [0.3, 0.4) is 0 Å². The number of anilines is 3. The molecular formula is C29H34FN7O4S. The minimum atomic E-state index is -3.62. The van der Waals surface area contributed by atoms with Gasteiger partial charge >= 0.3 is 0 Å². The van der Waals surface area contributed by atoms with E-state index in [4.69, 9.17) is 14.7 Å². The average Bonchev–Trinajstić information content (AvgIpc) is 3.37. The number of pyridine rings is 1. The van der Waals surface area contributed by atoms with Crippen LogP contribution in [-0.2, 0) is 33.0 Å². The van der Waals surface area contributed by atoms with Gasteiger partial charge in [0.05, 0.1) is 53.1 Å². The first-order chi connectivity index (χ1) is 20.0. The minimum absolute atomic E-state index is 0.0129. The molecule has 222 valence electrons. The van der Waals surface area contributed by atoms with Crippen LogP contribution in [0.5, 0.6) is 0 Å². The number of ketones is 1. The van der Waals surface area contributed by atoms with E-state index >= 15 is 0 Å². The number of nitrogens with zero attached hydrogens (tertiary/aromatic N) is 6. The molecule has 11 nitrogen and oxygen atoms in total. The molecule has 4 heterocycles. The highest BCUT2D eigenvalue weighted by Crippen LogP contribution is 2.39. The maximum atomic E-state index is 13.7. The number of rotatable bonds is 9. The van der Waals surface area contributed by atoms with Gasteiger partial charge in [-0.15, -0.1) is 0 Å². The quantitative estimate of drug-likeness (QED) is 0.301. The van der Waals surface area contributed by atoms with Crippen LogP contribution in [0, 0.1) is 12.8 Å². The van der Waals surface area contributed by atoms with Crippen molar-refractivity contribution < 1.29 is 22.3 Å². The third-order valence-electron chi connectivity index (χ3n) is 8.02. The van der Waals surface area contributed by atoms with Gasteiger partial charge in [0, 0.05) is 32.7 Å². The van der Waals surface area contributed by atoms with Gasteiger partial charge in [-0.3, -0.25) is 13.7 Å². The molecule has 1 aromatic carbocycles. The minimum Gasteiger partial charge on any atom is -0.358 e. The first kappa shape index (κ1) is 28.3. The maximum absolute atomic E-state index is 13.7. The highest BCUT2D eigenvalue weighted by atomic mass is 32.2. The number of ether oxygens (including phenoxy) is 1. The van der Waals surface area contributed by atoms with Gasteiger partial charge in [0.15, 0.2) is 5.65 Å². The highest BCUT2D eigenvalue weighted by molar-refractivity contribution is 7.92. The number of alkyl halides is 1. The topological polar surface area (TPSA) is 124 Å². The summed E-state index contributed by atoms with van der Waals surface area (Å²) >= 11 is 0. The predicted octanol–water partition coefficient (Wildman–Crippen LogP) is 4.45. The number of carbonyl (C=O) groups is 1. The van der Waals surface area contributed by atoms with Gasteiger partial charge in [-0.05, 0) is 50.8 Å². The Hall–Kier alpha value is -3.84. The molecule has 1 aliphatic carbocycles. The molecule has 2 fully saturated rings. The van der Waals surface area contributed by atoms with E-state index in [-0.39, 0.29) is 24.9 Å². The fourth-order valence-electron chi connectivity index (χ4n) is 5.50. The van der Waals surface area contributed by atoms with E-state index in [2.05, 4.69) is 10.3 Å². The second-order valence-corrected chi connectivity index (χ2v) is 13.2. The summed E-state index contributed by atoms with van der Waals surface area (Å²) in [6.07, 6.45) is 6.26. The number of hydrogen-bond acceptors (Lipinski definition) is 8. The molecule has 1 saturated heterocycles. The average molecular weight is 596 g/mol. The fourth-order valence-corrected chi connectivity index (χ4v) is 6.01. The third kappa shape index (κ3) is 5.38. The summed E-state index contributed by atoms with van der Waals surface area (Å²) in [6, 6.07) is 7.23. The summed E-state index contributed by atoms with van der Waals surface area (Å²) in [5.74, 6) is -0.0567.